The minimum Gasteiger partial charge on any atom is -0.455 e. The van der Waals surface area contributed by atoms with Crippen molar-refractivity contribution in [3.8, 4) is 0 Å². The number of halogens is 3. The van der Waals surface area contributed by atoms with E-state index in [4.69, 9.17) is 4.74 Å². The summed E-state index contributed by atoms with van der Waals surface area (Å²) >= 11 is 0. The van der Waals surface area contributed by atoms with Crippen LogP contribution in [0.15, 0.2) is 18.3 Å². The van der Waals surface area contributed by atoms with Crippen LogP contribution < -0.4 is 15.5 Å². The molecule has 8 nitrogen and oxygen atoms in total. The molecule has 0 atom stereocenters. The fourth-order valence-corrected chi connectivity index (χ4v) is 7.04. The molecule has 1 aromatic rings. The molecule has 4 aliphatic carbocycles. The van der Waals surface area contributed by atoms with Crippen molar-refractivity contribution in [1.29, 1.82) is 0 Å². The van der Waals surface area contributed by atoms with E-state index in [0.717, 1.165) is 31.5 Å². The van der Waals surface area contributed by atoms with Crippen molar-refractivity contribution in [2.24, 2.45) is 23.7 Å². The Balaban J connectivity index is 1.03. The highest BCUT2D eigenvalue weighted by Gasteiger charge is 2.51. The highest BCUT2D eigenvalue weighted by molar-refractivity contribution is 5.95. The summed E-state index contributed by atoms with van der Waals surface area (Å²) in [5, 5.41) is 5.35. The average Bonchev–Trinajstić information content (AvgIpc) is 2.81. The van der Waals surface area contributed by atoms with Crippen LogP contribution in [0.4, 0.5) is 23.8 Å². The summed E-state index contributed by atoms with van der Waals surface area (Å²) in [6.45, 7) is 0.323. The van der Waals surface area contributed by atoms with Gasteiger partial charge < -0.3 is 15.0 Å². The number of urea groups is 1. The zero-order valence-corrected chi connectivity index (χ0v) is 20.0. The van der Waals surface area contributed by atoms with Gasteiger partial charge in [0.1, 0.15) is 5.82 Å². The monoisotopic (exact) mass is 508 g/mol. The Labute approximate surface area is 207 Å². The number of hydrogen-bond acceptors (Lipinski definition) is 6. The summed E-state index contributed by atoms with van der Waals surface area (Å²) in [4.78, 5) is 42.8. The lowest BCUT2D eigenvalue weighted by atomic mass is 9.53. The maximum absolute atomic E-state index is 12.7. The molecular weight excluding hydrogens is 477 g/mol. The van der Waals surface area contributed by atoms with Gasteiger partial charge in [-0.25, -0.2) is 9.78 Å². The third kappa shape index (κ3) is 5.44. The van der Waals surface area contributed by atoms with Crippen molar-refractivity contribution >= 4 is 23.7 Å². The van der Waals surface area contributed by atoms with Crippen molar-refractivity contribution in [3.05, 3.63) is 23.9 Å². The molecule has 0 spiro atoms. The van der Waals surface area contributed by atoms with E-state index in [1.165, 1.54) is 25.3 Å². The number of carbonyl (C=O) groups excluding carboxylic acids is 3. The number of esters is 1. The van der Waals surface area contributed by atoms with Gasteiger partial charge in [0.25, 0.3) is 5.91 Å². The molecule has 3 amide bonds. The molecule has 1 aromatic heterocycles. The number of anilines is 1. The molecule has 0 radical (unpaired) electrons. The van der Waals surface area contributed by atoms with E-state index in [1.54, 1.807) is 0 Å². The Morgan fingerprint density at radius 1 is 1.03 bits per heavy atom. The van der Waals surface area contributed by atoms with E-state index in [9.17, 15) is 27.6 Å². The van der Waals surface area contributed by atoms with Gasteiger partial charge >= 0.3 is 18.2 Å². The van der Waals surface area contributed by atoms with Gasteiger partial charge in [0.05, 0.1) is 11.5 Å². The number of carbonyl (C=O) groups is 3. The number of hydrogen-bond donors (Lipinski definition) is 2. The van der Waals surface area contributed by atoms with Crippen molar-refractivity contribution in [1.82, 2.24) is 15.6 Å². The fraction of sp³-hybridized carbons (Fsp3) is 0.680. The third-order valence-corrected chi connectivity index (χ3v) is 8.24. The number of rotatable bonds is 5. The number of alkyl halides is 3. The first-order chi connectivity index (χ1) is 17.1. The summed E-state index contributed by atoms with van der Waals surface area (Å²) in [6.07, 6.45) is 3.86. The number of nitrogens with one attached hydrogen (secondary N) is 2. The van der Waals surface area contributed by atoms with Crippen LogP contribution >= 0.6 is 0 Å². The number of pyridine rings is 1. The van der Waals surface area contributed by atoms with Gasteiger partial charge in [-0.3, -0.25) is 14.9 Å². The minimum atomic E-state index is -4.44. The van der Waals surface area contributed by atoms with E-state index < -0.39 is 42.2 Å². The van der Waals surface area contributed by atoms with Crippen molar-refractivity contribution in [3.63, 3.8) is 0 Å². The molecular formula is C25H31F3N4O4. The van der Waals surface area contributed by atoms with Crippen molar-refractivity contribution < 1.29 is 32.3 Å². The number of imide groups is 1. The summed E-state index contributed by atoms with van der Waals surface area (Å²) in [7, 11) is 0. The standard InChI is InChI=1S/C25H31F3N4O4/c26-25(27,28)19-1-2-20(29-13-19)32-5-3-18(4-6-32)22(34)36-14-21(33)30-23(35)31-24-10-15-7-16(11-24)9-17(8-15)12-24/h1-2,13,15-18H,3-12,14H2,(H2,30,31,33,35). The molecule has 196 valence electrons. The SMILES string of the molecule is O=C(COC(=O)C1CCN(c2ccc(C(F)(F)F)cn2)CC1)NC(=O)NC12CC3CC(CC(C3)C1)C2. The molecule has 0 unspecified atom stereocenters. The zero-order valence-electron chi connectivity index (χ0n) is 20.0. The molecule has 36 heavy (non-hydrogen) atoms. The lowest BCUT2D eigenvalue weighted by Gasteiger charge is -2.56. The van der Waals surface area contributed by atoms with Crippen LogP contribution in [0.5, 0.6) is 0 Å². The lowest BCUT2D eigenvalue weighted by molar-refractivity contribution is -0.153. The molecule has 5 aliphatic rings. The van der Waals surface area contributed by atoms with Gasteiger partial charge in [-0.15, -0.1) is 0 Å². The second kappa shape index (κ2) is 9.55. The van der Waals surface area contributed by atoms with Gasteiger partial charge in [0.2, 0.25) is 0 Å². The summed E-state index contributed by atoms with van der Waals surface area (Å²) in [5.41, 5.74) is -1.03. The highest BCUT2D eigenvalue weighted by atomic mass is 19.4. The number of amides is 3. The first-order valence-electron chi connectivity index (χ1n) is 12.7. The van der Waals surface area contributed by atoms with E-state index in [-0.39, 0.29) is 5.54 Å². The molecule has 4 saturated carbocycles. The van der Waals surface area contributed by atoms with Gasteiger partial charge in [-0.05, 0) is 81.3 Å². The van der Waals surface area contributed by atoms with Crippen LogP contribution in [0.3, 0.4) is 0 Å². The topological polar surface area (TPSA) is 101 Å². The smallest absolute Gasteiger partial charge is 0.417 e. The van der Waals surface area contributed by atoms with Crippen LogP contribution in [-0.4, -0.2) is 48.1 Å². The van der Waals surface area contributed by atoms with Gasteiger partial charge in [0.15, 0.2) is 6.61 Å². The van der Waals surface area contributed by atoms with E-state index >= 15 is 0 Å². The lowest BCUT2D eigenvalue weighted by Crippen LogP contribution is -2.62. The molecule has 6 rings (SSSR count). The second-order valence-electron chi connectivity index (χ2n) is 11.0. The summed E-state index contributed by atoms with van der Waals surface area (Å²) in [6, 6.07) is 1.77. The number of aromatic nitrogens is 1. The van der Waals surface area contributed by atoms with Crippen molar-refractivity contribution in [2.75, 3.05) is 24.6 Å². The molecule has 4 bridgehead atoms. The normalized spacial score (nSPS) is 29.6. The van der Waals surface area contributed by atoms with Crippen LogP contribution in [0.1, 0.15) is 56.9 Å². The quantitative estimate of drug-likeness (QED) is 0.589. The number of piperidine rings is 1. The molecule has 11 heteroatoms. The van der Waals surface area contributed by atoms with Crippen LogP contribution in [0, 0.1) is 23.7 Å². The molecule has 5 fully saturated rings. The van der Waals surface area contributed by atoms with Crippen LogP contribution in [-0.2, 0) is 20.5 Å². The predicted octanol–water partition coefficient (Wildman–Crippen LogP) is 3.65. The number of nitrogens with zero attached hydrogens (tertiary/aromatic N) is 2. The second-order valence-corrected chi connectivity index (χ2v) is 11.0. The third-order valence-electron chi connectivity index (χ3n) is 8.24. The van der Waals surface area contributed by atoms with Gasteiger partial charge in [-0.1, -0.05) is 0 Å². The Hall–Kier alpha value is -2.85. The number of ether oxygens (including phenoxy) is 1. The van der Waals surface area contributed by atoms with E-state index in [2.05, 4.69) is 15.6 Å². The molecule has 1 aliphatic heterocycles. The van der Waals surface area contributed by atoms with Crippen LogP contribution in [0.25, 0.3) is 0 Å². The average molecular weight is 509 g/mol. The Bertz CT molecular complexity index is 970. The molecule has 2 heterocycles. The minimum absolute atomic E-state index is 0.217. The zero-order chi connectivity index (χ0) is 25.5. The first-order valence-corrected chi connectivity index (χ1v) is 12.7. The Morgan fingerprint density at radius 3 is 2.17 bits per heavy atom. The summed E-state index contributed by atoms with van der Waals surface area (Å²) < 4.78 is 43.3. The molecule has 0 aromatic carbocycles. The molecule has 2 N–H and O–H groups in total. The molecule has 1 saturated heterocycles. The Kier molecular flexibility index (Phi) is 6.59. The maximum Gasteiger partial charge on any atom is 0.417 e. The van der Waals surface area contributed by atoms with E-state index in [1.807, 2.05) is 4.90 Å². The maximum atomic E-state index is 12.7. The summed E-state index contributed by atoms with van der Waals surface area (Å²) in [5.74, 6) is 0.784. The van der Waals surface area contributed by atoms with Crippen molar-refractivity contribution in [2.45, 2.75) is 63.1 Å². The van der Waals surface area contributed by atoms with Crippen LogP contribution in [0.2, 0.25) is 0 Å². The van der Waals surface area contributed by atoms with Gasteiger partial charge in [0, 0.05) is 24.8 Å². The highest BCUT2D eigenvalue weighted by Crippen LogP contribution is 2.55. The first kappa shape index (κ1) is 24.8. The van der Waals surface area contributed by atoms with Gasteiger partial charge in [-0.2, -0.15) is 13.2 Å². The largest absolute Gasteiger partial charge is 0.455 e. The predicted molar refractivity (Wildman–Crippen MR) is 123 cm³/mol. The fourth-order valence-electron chi connectivity index (χ4n) is 7.04. The van der Waals surface area contributed by atoms with E-state index in [0.29, 0.717) is 49.5 Å². The Morgan fingerprint density at radius 2 is 1.64 bits per heavy atom.